The lowest BCUT2D eigenvalue weighted by molar-refractivity contribution is 0.560. The maximum absolute atomic E-state index is 12.1. The Bertz CT molecular complexity index is 1240. The fraction of sp³-hybridized carbons (Fsp3) is 0.318. The SMILES string of the molecule is CC(C)c1nnc(SCc2cc(=O)oc3ccc4ccccc4c23)n1C1CC1. The summed E-state index contributed by atoms with van der Waals surface area (Å²) in [5.41, 5.74) is 1.29. The van der Waals surface area contributed by atoms with E-state index in [1.54, 1.807) is 17.8 Å². The Morgan fingerprint density at radius 1 is 1.18 bits per heavy atom. The lowest BCUT2D eigenvalue weighted by Crippen LogP contribution is -2.05. The van der Waals surface area contributed by atoms with Crippen LogP contribution in [0, 0.1) is 0 Å². The molecular weight excluding hydrogens is 370 g/mol. The molecule has 0 saturated heterocycles. The molecule has 1 aliphatic carbocycles. The van der Waals surface area contributed by atoms with E-state index in [2.05, 4.69) is 40.7 Å². The van der Waals surface area contributed by atoms with E-state index in [4.69, 9.17) is 4.42 Å². The van der Waals surface area contributed by atoms with Crippen LogP contribution in [0.1, 0.15) is 50.0 Å². The number of hydrogen-bond donors (Lipinski definition) is 0. The van der Waals surface area contributed by atoms with E-state index in [-0.39, 0.29) is 5.63 Å². The molecule has 1 saturated carbocycles. The molecule has 5 rings (SSSR count). The highest BCUT2D eigenvalue weighted by Crippen LogP contribution is 2.41. The third-order valence-electron chi connectivity index (χ3n) is 5.19. The first-order valence-electron chi connectivity index (χ1n) is 9.64. The molecule has 2 aromatic carbocycles. The number of thioether (sulfide) groups is 1. The summed E-state index contributed by atoms with van der Waals surface area (Å²) in [4.78, 5) is 12.1. The highest BCUT2D eigenvalue weighted by Gasteiger charge is 2.30. The second kappa shape index (κ2) is 6.78. The van der Waals surface area contributed by atoms with Crippen LogP contribution in [-0.4, -0.2) is 14.8 Å². The summed E-state index contributed by atoms with van der Waals surface area (Å²) < 4.78 is 7.76. The lowest BCUT2D eigenvalue weighted by atomic mass is 10.0. The third kappa shape index (κ3) is 3.02. The molecule has 0 unspecified atom stereocenters. The van der Waals surface area contributed by atoms with E-state index in [9.17, 15) is 4.79 Å². The van der Waals surface area contributed by atoms with Crippen molar-refractivity contribution in [3.63, 3.8) is 0 Å². The first-order chi connectivity index (χ1) is 13.6. The second-order valence-corrected chi connectivity index (χ2v) is 8.58. The van der Waals surface area contributed by atoms with Gasteiger partial charge in [0.05, 0.1) is 0 Å². The van der Waals surface area contributed by atoms with Gasteiger partial charge in [-0.05, 0) is 35.2 Å². The number of rotatable bonds is 5. The van der Waals surface area contributed by atoms with Crippen LogP contribution < -0.4 is 5.63 Å². The van der Waals surface area contributed by atoms with Crippen LogP contribution in [0.4, 0.5) is 0 Å². The number of nitrogens with zero attached hydrogens (tertiary/aromatic N) is 3. The predicted octanol–water partition coefficient (Wildman–Crippen LogP) is 5.29. The van der Waals surface area contributed by atoms with Gasteiger partial charge < -0.3 is 8.98 Å². The van der Waals surface area contributed by atoms with Gasteiger partial charge in [0.15, 0.2) is 5.16 Å². The largest absolute Gasteiger partial charge is 0.423 e. The first-order valence-corrected chi connectivity index (χ1v) is 10.6. The Morgan fingerprint density at radius 2 is 2.00 bits per heavy atom. The molecule has 0 aliphatic heterocycles. The van der Waals surface area contributed by atoms with Gasteiger partial charge in [-0.3, -0.25) is 0 Å². The fourth-order valence-corrected chi connectivity index (χ4v) is 4.73. The van der Waals surface area contributed by atoms with Crippen molar-refractivity contribution in [2.24, 2.45) is 0 Å². The van der Waals surface area contributed by atoms with Crippen molar-refractivity contribution in [3.05, 3.63) is 64.3 Å². The van der Waals surface area contributed by atoms with Gasteiger partial charge in [0.1, 0.15) is 11.4 Å². The summed E-state index contributed by atoms with van der Waals surface area (Å²) in [6, 6.07) is 14.2. The minimum absolute atomic E-state index is 0.315. The van der Waals surface area contributed by atoms with E-state index >= 15 is 0 Å². The topological polar surface area (TPSA) is 60.9 Å². The zero-order valence-corrected chi connectivity index (χ0v) is 16.7. The van der Waals surface area contributed by atoms with E-state index in [1.165, 1.54) is 12.8 Å². The Morgan fingerprint density at radius 3 is 2.79 bits per heavy atom. The Hall–Kier alpha value is -2.60. The highest BCUT2D eigenvalue weighted by molar-refractivity contribution is 7.98. The van der Waals surface area contributed by atoms with Crippen molar-refractivity contribution in [2.75, 3.05) is 0 Å². The van der Waals surface area contributed by atoms with E-state index in [0.717, 1.165) is 32.7 Å². The normalized spacial score (nSPS) is 14.4. The molecule has 2 heterocycles. The van der Waals surface area contributed by atoms with Crippen molar-refractivity contribution in [1.29, 1.82) is 0 Å². The summed E-state index contributed by atoms with van der Waals surface area (Å²) in [6.07, 6.45) is 2.38. The van der Waals surface area contributed by atoms with Crippen molar-refractivity contribution in [2.45, 2.75) is 49.6 Å². The quantitative estimate of drug-likeness (QED) is 0.263. The molecule has 0 amide bonds. The van der Waals surface area contributed by atoms with Gasteiger partial charge in [-0.25, -0.2) is 4.79 Å². The summed E-state index contributed by atoms with van der Waals surface area (Å²) in [5.74, 6) is 2.04. The fourth-order valence-electron chi connectivity index (χ4n) is 3.73. The Kier molecular flexibility index (Phi) is 4.23. The molecule has 0 radical (unpaired) electrons. The van der Waals surface area contributed by atoms with E-state index in [1.807, 2.05) is 24.3 Å². The zero-order valence-electron chi connectivity index (χ0n) is 15.9. The maximum Gasteiger partial charge on any atom is 0.336 e. The average molecular weight is 391 g/mol. The van der Waals surface area contributed by atoms with Crippen LogP contribution in [0.2, 0.25) is 0 Å². The van der Waals surface area contributed by atoms with Crippen molar-refractivity contribution in [1.82, 2.24) is 14.8 Å². The van der Waals surface area contributed by atoms with Crippen LogP contribution in [0.3, 0.4) is 0 Å². The number of fused-ring (bicyclic) bond motifs is 3. The molecule has 0 N–H and O–H groups in total. The Balaban J connectivity index is 1.58. The van der Waals surface area contributed by atoms with Crippen LogP contribution >= 0.6 is 11.8 Å². The molecule has 1 aliphatic rings. The average Bonchev–Trinajstić information content (AvgIpc) is 3.44. The van der Waals surface area contributed by atoms with Crippen molar-refractivity contribution >= 4 is 33.5 Å². The van der Waals surface area contributed by atoms with Gasteiger partial charge in [-0.2, -0.15) is 0 Å². The third-order valence-corrected chi connectivity index (χ3v) is 6.18. The van der Waals surface area contributed by atoms with Gasteiger partial charge in [0, 0.05) is 29.2 Å². The number of aromatic nitrogens is 3. The molecule has 0 atom stereocenters. The minimum atomic E-state index is -0.315. The Labute approximate surface area is 166 Å². The van der Waals surface area contributed by atoms with Gasteiger partial charge >= 0.3 is 5.63 Å². The summed E-state index contributed by atoms with van der Waals surface area (Å²) in [7, 11) is 0. The monoisotopic (exact) mass is 391 g/mol. The summed E-state index contributed by atoms with van der Waals surface area (Å²) in [5, 5.41) is 13.1. The van der Waals surface area contributed by atoms with Gasteiger partial charge in [-0.15, -0.1) is 10.2 Å². The molecule has 0 bridgehead atoms. The summed E-state index contributed by atoms with van der Waals surface area (Å²) in [6.45, 7) is 4.30. The molecule has 142 valence electrons. The molecule has 0 spiro atoms. The standard InChI is InChI=1S/C22H21N3O2S/c1-13(2)21-23-24-22(25(21)16-8-9-16)28-12-15-11-19(26)27-18-10-7-14-5-3-4-6-17(14)20(15)18/h3-7,10-11,13,16H,8-9,12H2,1-2H3. The van der Waals surface area contributed by atoms with Gasteiger partial charge in [0.25, 0.3) is 0 Å². The highest BCUT2D eigenvalue weighted by atomic mass is 32.2. The molecule has 5 nitrogen and oxygen atoms in total. The van der Waals surface area contributed by atoms with Crippen molar-refractivity contribution < 1.29 is 4.42 Å². The molecule has 2 aromatic heterocycles. The molecule has 4 aromatic rings. The van der Waals surface area contributed by atoms with Crippen LogP contribution in [0.5, 0.6) is 0 Å². The van der Waals surface area contributed by atoms with Crippen LogP contribution in [0.15, 0.2) is 56.8 Å². The summed E-state index contributed by atoms with van der Waals surface area (Å²) >= 11 is 1.65. The minimum Gasteiger partial charge on any atom is -0.423 e. The molecule has 1 fully saturated rings. The van der Waals surface area contributed by atoms with Crippen molar-refractivity contribution in [3.8, 4) is 0 Å². The second-order valence-electron chi connectivity index (χ2n) is 7.64. The van der Waals surface area contributed by atoms with E-state index in [0.29, 0.717) is 23.3 Å². The number of hydrogen-bond acceptors (Lipinski definition) is 5. The first kappa shape index (κ1) is 17.5. The van der Waals surface area contributed by atoms with Gasteiger partial charge in [-0.1, -0.05) is 55.9 Å². The van der Waals surface area contributed by atoms with Crippen LogP contribution in [0.25, 0.3) is 21.7 Å². The zero-order chi connectivity index (χ0) is 19.3. The lowest BCUT2D eigenvalue weighted by Gasteiger charge is -2.11. The smallest absolute Gasteiger partial charge is 0.336 e. The maximum atomic E-state index is 12.1. The molecule has 6 heteroatoms. The van der Waals surface area contributed by atoms with E-state index < -0.39 is 0 Å². The molecular formula is C22H21N3O2S. The number of benzene rings is 2. The van der Waals surface area contributed by atoms with Crippen LogP contribution in [-0.2, 0) is 5.75 Å². The van der Waals surface area contributed by atoms with Gasteiger partial charge in [0.2, 0.25) is 0 Å². The predicted molar refractivity (Wildman–Crippen MR) is 112 cm³/mol. The molecule has 28 heavy (non-hydrogen) atoms.